The second kappa shape index (κ2) is 10.2. The van der Waals surface area contributed by atoms with Crippen LogP contribution in [0.25, 0.3) is 5.57 Å². The fourth-order valence-corrected chi connectivity index (χ4v) is 3.68. The number of methoxy groups -OCH3 is 1. The number of hydrogen-bond donors (Lipinski definition) is 2. The van der Waals surface area contributed by atoms with Crippen molar-refractivity contribution in [3.63, 3.8) is 0 Å². The zero-order valence-electron chi connectivity index (χ0n) is 18.2. The number of carbonyl (C=O) groups is 1. The van der Waals surface area contributed by atoms with Gasteiger partial charge in [-0.3, -0.25) is 14.8 Å². The highest BCUT2D eigenvalue weighted by Crippen LogP contribution is 2.26. The number of aliphatic imine (C=N–C) groups is 1. The molecular formula is C26H24FN3O3. The van der Waals surface area contributed by atoms with E-state index >= 15 is 0 Å². The van der Waals surface area contributed by atoms with Crippen molar-refractivity contribution in [1.29, 1.82) is 0 Å². The minimum absolute atomic E-state index is 0.219. The summed E-state index contributed by atoms with van der Waals surface area (Å²) in [5.74, 6) is -0.0246. The molecule has 168 valence electrons. The first-order valence-electron chi connectivity index (χ1n) is 10.6. The number of rotatable bonds is 8. The van der Waals surface area contributed by atoms with Crippen molar-refractivity contribution in [1.82, 2.24) is 10.3 Å². The topological polar surface area (TPSA) is 83.8 Å². The number of aliphatic hydroxyl groups is 1. The molecule has 0 saturated heterocycles. The van der Waals surface area contributed by atoms with Gasteiger partial charge in [-0.05, 0) is 59.7 Å². The maximum absolute atomic E-state index is 13.3. The fraction of sp³-hybridized carbons (Fsp3) is 0.192. The summed E-state index contributed by atoms with van der Waals surface area (Å²) in [6.45, 7) is 0.210. The molecule has 1 atom stereocenters. The predicted octanol–water partition coefficient (Wildman–Crippen LogP) is 3.45. The first-order chi connectivity index (χ1) is 16.1. The maximum atomic E-state index is 13.3. The quantitative estimate of drug-likeness (QED) is 0.556. The third kappa shape index (κ3) is 5.32. The Hall–Kier alpha value is -3.84. The predicted molar refractivity (Wildman–Crippen MR) is 125 cm³/mol. The van der Waals surface area contributed by atoms with Crippen LogP contribution in [0, 0.1) is 5.82 Å². The second-order valence-electron chi connectivity index (χ2n) is 7.67. The lowest BCUT2D eigenvalue weighted by Gasteiger charge is -2.18. The molecule has 2 N–H and O–H groups in total. The number of aliphatic hydroxyl groups excluding tert-OH is 1. The Morgan fingerprint density at radius 2 is 2.00 bits per heavy atom. The number of carbonyl (C=O) groups excluding carboxylic acids is 1. The van der Waals surface area contributed by atoms with Crippen molar-refractivity contribution < 1.29 is 19.0 Å². The highest BCUT2D eigenvalue weighted by Gasteiger charge is 2.21. The molecule has 1 amide bonds. The molecule has 4 rings (SSSR count). The maximum Gasteiger partial charge on any atom is 0.252 e. The first kappa shape index (κ1) is 22.4. The summed E-state index contributed by atoms with van der Waals surface area (Å²) >= 11 is 0. The zero-order valence-corrected chi connectivity index (χ0v) is 18.2. The standard InChI is InChI=1S/C26H24FN3O3/c1-33-22-9-10-23(26(32)30-21(16-31)13-20-4-2-3-11-28-20)24(14-22)25-12-18(15-29-25)17-5-7-19(27)8-6-17/h2-12,14,21,31H,13,15-16H2,1H3,(H,30,32)/t21-/m1/s1. The van der Waals surface area contributed by atoms with E-state index in [0.29, 0.717) is 35.6 Å². The number of hydrogen-bond acceptors (Lipinski definition) is 5. The largest absolute Gasteiger partial charge is 0.497 e. The summed E-state index contributed by atoms with van der Waals surface area (Å²) in [4.78, 5) is 22.0. The average Bonchev–Trinajstić information content (AvgIpc) is 3.34. The Morgan fingerprint density at radius 3 is 2.70 bits per heavy atom. The number of halogens is 1. The monoisotopic (exact) mass is 445 g/mol. The van der Waals surface area contributed by atoms with E-state index in [0.717, 1.165) is 16.8 Å². The van der Waals surface area contributed by atoms with E-state index in [9.17, 15) is 14.3 Å². The minimum atomic E-state index is -0.488. The summed E-state index contributed by atoms with van der Waals surface area (Å²) in [6, 6.07) is 16.5. The normalized spacial score (nSPS) is 13.8. The zero-order chi connectivity index (χ0) is 23.2. The Labute approximate surface area is 191 Å². The van der Waals surface area contributed by atoms with Crippen LogP contribution in [0.2, 0.25) is 0 Å². The van der Waals surface area contributed by atoms with E-state index in [2.05, 4.69) is 15.3 Å². The van der Waals surface area contributed by atoms with Gasteiger partial charge in [-0.25, -0.2) is 4.39 Å². The molecule has 0 unspecified atom stereocenters. The molecule has 0 aliphatic carbocycles. The second-order valence-corrected chi connectivity index (χ2v) is 7.67. The molecular weight excluding hydrogens is 421 g/mol. The van der Waals surface area contributed by atoms with E-state index in [4.69, 9.17) is 4.74 Å². The van der Waals surface area contributed by atoms with Crippen LogP contribution in [0.1, 0.15) is 27.2 Å². The van der Waals surface area contributed by atoms with Gasteiger partial charge in [0.05, 0.1) is 32.0 Å². The number of aromatic nitrogens is 1. The summed E-state index contributed by atoms with van der Waals surface area (Å²) in [6.07, 6.45) is 3.98. The van der Waals surface area contributed by atoms with Gasteiger partial charge in [0.25, 0.3) is 5.91 Å². The number of nitrogens with one attached hydrogen (secondary N) is 1. The van der Waals surface area contributed by atoms with Gasteiger partial charge in [0.2, 0.25) is 0 Å². The molecule has 1 aliphatic heterocycles. The summed E-state index contributed by atoms with van der Waals surface area (Å²) in [5.41, 5.74) is 4.27. The van der Waals surface area contributed by atoms with Crippen molar-refractivity contribution in [2.45, 2.75) is 12.5 Å². The van der Waals surface area contributed by atoms with Gasteiger partial charge >= 0.3 is 0 Å². The molecule has 0 bridgehead atoms. The molecule has 0 saturated carbocycles. The molecule has 0 radical (unpaired) electrons. The van der Waals surface area contributed by atoms with Crippen LogP contribution in [0.15, 0.2) is 77.9 Å². The minimum Gasteiger partial charge on any atom is -0.497 e. The highest BCUT2D eigenvalue weighted by atomic mass is 19.1. The van der Waals surface area contributed by atoms with E-state index in [1.807, 2.05) is 24.3 Å². The molecule has 0 fully saturated rings. The molecule has 1 aliphatic rings. The van der Waals surface area contributed by atoms with Gasteiger partial charge in [0.1, 0.15) is 11.6 Å². The summed E-state index contributed by atoms with van der Waals surface area (Å²) in [5, 5.41) is 12.7. The number of benzene rings is 2. The molecule has 6 nitrogen and oxygen atoms in total. The van der Waals surface area contributed by atoms with Gasteiger partial charge < -0.3 is 15.2 Å². The van der Waals surface area contributed by atoms with Crippen LogP contribution in [-0.4, -0.2) is 48.0 Å². The molecule has 0 spiro atoms. The van der Waals surface area contributed by atoms with Gasteiger partial charge in [-0.2, -0.15) is 0 Å². The van der Waals surface area contributed by atoms with Crippen molar-refractivity contribution >= 4 is 17.2 Å². The Morgan fingerprint density at radius 1 is 1.18 bits per heavy atom. The number of amides is 1. The third-order valence-corrected chi connectivity index (χ3v) is 5.43. The van der Waals surface area contributed by atoms with Crippen molar-refractivity contribution in [2.75, 3.05) is 20.3 Å². The number of ether oxygens (including phenoxy) is 1. The van der Waals surface area contributed by atoms with Gasteiger partial charge in [0, 0.05) is 29.4 Å². The number of pyridine rings is 1. The Balaban J connectivity index is 1.59. The van der Waals surface area contributed by atoms with Crippen LogP contribution in [0.4, 0.5) is 4.39 Å². The van der Waals surface area contributed by atoms with Crippen molar-refractivity contribution in [2.24, 2.45) is 4.99 Å². The lowest BCUT2D eigenvalue weighted by molar-refractivity contribution is 0.0916. The van der Waals surface area contributed by atoms with Crippen LogP contribution < -0.4 is 10.1 Å². The van der Waals surface area contributed by atoms with Crippen LogP contribution in [-0.2, 0) is 6.42 Å². The first-order valence-corrected chi connectivity index (χ1v) is 10.6. The Bertz CT molecular complexity index is 1190. The highest BCUT2D eigenvalue weighted by molar-refractivity contribution is 6.19. The van der Waals surface area contributed by atoms with E-state index in [-0.39, 0.29) is 18.3 Å². The molecule has 2 aromatic carbocycles. The molecule has 33 heavy (non-hydrogen) atoms. The lowest BCUT2D eigenvalue weighted by atomic mass is 9.99. The van der Waals surface area contributed by atoms with Gasteiger partial charge in [-0.1, -0.05) is 18.2 Å². The third-order valence-electron chi connectivity index (χ3n) is 5.43. The van der Waals surface area contributed by atoms with E-state index in [1.54, 1.807) is 43.6 Å². The molecule has 3 aromatic rings. The van der Waals surface area contributed by atoms with E-state index in [1.165, 1.54) is 12.1 Å². The van der Waals surface area contributed by atoms with Crippen molar-refractivity contribution in [3.8, 4) is 5.75 Å². The SMILES string of the molecule is COc1ccc(C(=O)N[C@@H](CO)Cc2ccccn2)c(C2=NCC(c3ccc(F)cc3)=C2)c1. The van der Waals surface area contributed by atoms with E-state index < -0.39 is 6.04 Å². The molecule has 1 aromatic heterocycles. The fourth-order valence-electron chi connectivity index (χ4n) is 3.68. The molecule has 2 heterocycles. The smallest absolute Gasteiger partial charge is 0.252 e. The van der Waals surface area contributed by atoms with Gasteiger partial charge in [-0.15, -0.1) is 0 Å². The van der Waals surface area contributed by atoms with Crippen LogP contribution in [0.5, 0.6) is 5.75 Å². The number of allylic oxidation sites excluding steroid dienone is 1. The average molecular weight is 445 g/mol. The number of nitrogens with zero attached hydrogens (tertiary/aromatic N) is 2. The lowest BCUT2D eigenvalue weighted by Crippen LogP contribution is -2.39. The molecule has 7 heteroatoms. The van der Waals surface area contributed by atoms with Crippen molar-refractivity contribution in [3.05, 3.63) is 101 Å². The summed E-state index contributed by atoms with van der Waals surface area (Å²) in [7, 11) is 1.56. The van der Waals surface area contributed by atoms with Crippen LogP contribution >= 0.6 is 0 Å². The van der Waals surface area contributed by atoms with Crippen LogP contribution in [0.3, 0.4) is 0 Å². The Kier molecular flexibility index (Phi) is 6.90. The summed E-state index contributed by atoms with van der Waals surface area (Å²) < 4.78 is 18.6. The van der Waals surface area contributed by atoms with Gasteiger partial charge in [0.15, 0.2) is 0 Å².